The number of benzene rings is 1. The molecule has 4 nitrogen and oxygen atoms in total. The van der Waals surface area contributed by atoms with Crippen molar-refractivity contribution in [2.75, 3.05) is 7.11 Å². The minimum Gasteiger partial charge on any atom is -0.497 e. The van der Waals surface area contributed by atoms with Gasteiger partial charge in [0.2, 0.25) is 0 Å². The zero-order valence-corrected chi connectivity index (χ0v) is 9.60. The summed E-state index contributed by atoms with van der Waals surface area (Å²) in [6.45, 7) is 1.98. The Morgan fingerprint density at radius 3 is 2.25 bits per heavy atom. The first-order valence-electron chi connectivity index (χ1n) is 5.01. The van der Waals surface area contributed by atoms with Gasteiger partial charge in [-0.3, -0.25) is 0 Å². The molecule has 0 unspecified atom stereocenters. The predicted molar refractivity (Wildman–Crippen MR) is 61.0 cm³/mol. The van der Waals surface area contributed by atoms with Crippen molar-refractivity contribution >= 4 is 0 Å². The second-order valence-corrected chi connectivity index (χ2v) is 3.52. The topological polar surface area (TPSA) is 36.3 Å². The Labute approximate surface area is 94.4 Å². The quantitative estimate of drug-likeness (QED) is 0.794. The fraction of sp³-hybridized carbons (Fsp3) is 0.250. The molecule has 0 fully saturated rings. The first-order valence-corrected chi connectivity index (χ1v) is 5.01. The number of rotatable bonds is 3. The molecule has 1 aromatic heterocycles. The molecule has 0 bridgehead atoms. The molecule has 2 rings (SSSR count). The van der Waals surface area contributed by atoms with Crippen molar-refractivity contribution in [2.45, 2.75) is 6.92 Å². The summed E-state index contributed by atoms with van der Waals surface area (Å²) in [5.41, 5.74) is 1.06. The molecule has 0 aliphatic rings. The first kappa shape index (κ1) is 10.5. The lowest BCUT2D eigenvalue weighted by Crippen LogP contribution is -1.95. The van der Waals surface area contributed by atoms with E-state index in [1.807, 2.05) is 42.8 Å². The van der Waals surface area contributed by atoms with Gasteiger partial charge in [0.25, 0.3) is 0 Å². The summed E-state index contributed by atoms with van der Waals surface area (Å²) < 4.78 is 12.6. The van der Waals surface area contributed by atoms with Gasteiger partial charge in [-0.1, -0.05) is 0 Å². The van der Waals surface area contributed by atoms with E-state index in [-0.39, 0.29) is 0 Å². The summed E-state index contributed by atoms with van der Waals surface area (Å²) in [4.78, 5) is 4.16. The van der Waals surface area contributed by atoms with Crippen molar-refractivity contribution in [3.8, 4) is 17.5 Å². The third-order valence-corrected chi connectivity index (χ3v) is 2.45. The third-order valence-electron chi connectivity index (χ3n) is 2.45. The highest BCUT2D eigenvalue weighted by molar-refractivity contribution is 5.32. The molecule has 1 aromatic carbocycles. The Balaban J connectivity index is 2.17. The van der Waals surface area contributed by atoms with Crippen molar-refractivity contribution in [3.63, 3.8) is 0 Å². The smallest absolute Gasteiger partial charge is 0.301 e. The van der Waals surface area contributed by atoms with Gasteiger partial charge >= 0.3 is 6.01 Å². The Bertz CT molecular complexity index is 474. The lowest BCUT2D eigenvalue weighted by Gasteiger charge is -2.06. The van der Waals surface area contributed by atoms with E-state index in [0.29, 0.717) is 6.01 Å². The molecule has 0 atom stereocenters. The average Bonchev–Trinajstić information content (AvgIpc) is 2.62. The van der Waals surface area contributed by atoms with Crippen molar-refractivity contribution in [1.29, 1.82) is 0 Å². The van der Waals surface area contributed by atoms with E-state index < -0.39 is 0 Å². The fourth-order valence-electron chi connectivity index (χ4n) is 1.32. The highest BCUT2D eigenvalue weighted by Crippen LogP contribution is 2.22. The Kier molecular flexibility index (Phi) is 2.81. The maximum atomic E-state index is 5.63. The number of aryl methyl sites for hydroxylation is 1. The van der Waals surface area contributed by atoms with Gasteiger partial charge in [0.15, 0.2) is 0 Å². The van der Waals surface area contributed by atoms with E-state index in [9.17, 15) is 0 Å². The molecule has 4 heteroatoms. The summed E-state index contributed by atoms with van der Waals surface area (Å²) in [5, 5.41) is 0. The molecule has 0 aliphatic carbocycles. The van der Waals surface area contributed by atoms with E-state index in [1.54, 1.807) is 13.3 Å². The van der Waals surface area contributed by atoms with E-state index in [0.717, 1.165) is 17.2 Å². The van der Waals surface area contributed by atoms with Crippen LogP contribution in [0.4, 0.5) is 0 Å². The summed E-state index contributed by atoms with van der Waals surface area (Å²) in [5.74, 6) is 1.55. The molecular weight excluding hydrogens is 204 g/mol. The lowest BCUT2D eigenvalue weighted by molar-refractivity contribution is 0.407. The minimum absolute atomic E-state index is 0.586. The molecule has 0 saturated heterocycles. The van der Waals surface area contributed by atoms with Crippen LogP contribution in [0, 0.1) is 6.92 Å². The minimum atomic E-state index is 0.586. The zero-order chi connectivity index (χ0) is 11.5. The average molecular weight is 218 g/mol. The molecule has 0 aliphatic heterocycles. The summed E-state index contributed by atoms with van der Waals surface area (Å²) in [7, 11) is 3.55. The number of nitrogens with zero attached hydrogens (tertiary/aromatic N) is 2. The number of aromatic nitrogens is 2. The molecule has 0 saturated carbocycles. The molecule has 2 aromatic rings. The SMILES string of the molecule is COc1ccc(Oc2ncc(C)n2C)cc1. The van der Waals surface area contributed by atoms with Gasteiger partial charge in [-0.25, -0.2) is 4.98 Å². The summed E-state index contributed by atoms with van der Waals surface area (Å²) >= 11 is 0. The van der Waals surface area contributed by atoms with Gasteiger partial charge in [-0.05, 0) is 31.2 Å². The third kappa shape index (κ3) is 2.00. The second-order valence-electron chi connectivity index (χ2n) is 3.52. The highest BCUT2D eigenvalue weighted by atomic mass is 16.5. The van der Waals surface area contributed by atoms with Gasteiger partial charge in [0.05, 0.1) is 13.3 Å². The van der Waals surface area contributed by atoms with Crippen LogP contribution in [-0.2, 0) is 7.05 Å². The van der Waals surface area contributed by atoms with Crippen LogP contribution < -0.4 is 9.47 Å². The van der Waals surface area contributed by atoms with E-state index in [2.05, 4.69) is 4.98 Å². The zero-order valence-electron chi connectivity index (χ0n) is 9.60. The second kappa shape index (κ2) is 4.26. The molecule has 1 heterocycles. The fourth-order valence-corrected chi connectivity index (χ4v) is 1.32. The largest absolute Gasteiger partial charge is 0.497 e. The molecule has 0 amide bonds. The van der Waals surface area contributed by atoms with E-state index >= 15 is 0 Å². The van der Waals surface area contributed by atoms with Crippen LogP contribution in [0.25, 0.3) is 0 Å². The Morgan fingerprint density at radius 1 is 1.12 bits per heavy atom. The van der Waals surface area contributed by atoms with Crippen molar-refractivity contribution in [1.82, 2.24) is 9.55 Å². The maximum absolute atomic E-state index is 5.63. The molecule has 0 N–H and O–H groups in total. The van der Waals surface area contributed by atoms with Crippen LogP contribution in [0.2, 0.25) is 0 Å². The summed E-state index contributed by atoms with van der Waals surface area (Å²) in [6.07, 6.45) is 1.78. The Morgan fingerprint density at radius 2 is 1.75 bits per heavy atom. The number of hydrogen-bond donors (Lipinski definition) is 0. The molecule has 0 spiro atoms. The molecule has 84 valence electrons. The van der Waals surface area contributed by atoms with Crippen LogP contribution in [0.1, 0.15) is 5.69 Å². The van der Waals surface area contributed by atoms with Gasteiger partial charge < -0.3 is 14.0 Å². The molecule has 0 radical (unpaired) electrons. The maximum Gasteiger partial charge on any atom is 0.301 e. The normalized spacial score (nSPS) is 10.2. The predicted octanol–water partition coefficient (Wildman–Crippen LogP) is 2.53. The number of hydrogen-bond acceptors (Lipinski definition) is 3. The lowest BCUT2D eigenvalue weighted by atomic mass is 10.3. The van der Waals surface area contributed by atoms with Crippen LogP contribution in [-0.4, -0.2) is 16.7 Å². The van der Waals surface area contributed by atoms with Crippen LogP contribution in [0.15, 0.2) is 30.5 Å². The van der Waals surface area contributed by atoms with Crippen LogP contribution in [0.5, 0.6) is 17.5 Å². The molecular formula is C12H14N2O2. The molecule has 16 heavy (non-hydrogen) atoms. The van der Waals surface area contributed by atoms with Crippen LogP contribution in [0.3, 0.4) is 0 Å². The highest BCUT2D eigenvalue weighted by Gasteiger charge is 2.05. The Hall–Kier alpha value is -1.97. The van der Waals surface area contributed by atoms with Crippen molar-refractivity contribution < 1.29 is 9.47 Å². The van der Waals surface area contributed by atoms with Gasteiger partial charge in [0.1, 0.15) is 11.5 Å². The van der Waals surface area contributed by atoms with Gasteiger partial charge in [0, 0.05) is 12.7 Å². The van der Waals surface area contributed by atoms with Crippen molar-refractivity contribution in [2.24, 2.45) is 7.05 Å². The van der Waals surface area contributed by atoms with E-state index in [4.69, 9.17) is 9.47 Å². The van der Waals surface area contributed by atoms with Gasteiger partial charge in [-0.15, -0.1) is 0 Å². The van der Waals surface area contributed by atoms with Crippen molar-refractivity contribution in [3.05, 3.63) is 36.2 Å². The number of ether oxygens (including phenoxy) is 2. The monoisotopic (exact) mass is 218 g/mol. The standard InChI is InChI=1S/C12H14N2O2/c1-9-8-13-12(14(9)2)16-11-6-4-10(15-3)5-7-11/h4-8H,1-3H3. The van der Waals surface area contributed by atoms with E-state index in [1.165, 1.54) is 0 Å². The number of imidazole rings is 1. The van der Waals surface area contributed by atoms with Crippen LogP contribution >= 0.6 is 0 Å². The summed E-state index contributed by atoms with van der Waals surface area (Å²) in [6, 6.07) is 7.99. The van der Waals surface area contributed by atoms with Gasteiger partial charge in [-0.2, -0.15) is 0 Å². The first-order chi connectivity index (χ1) is 7.70. The number of methoxy groups -OCH3 is 1.